The predicted molar refractivity (Wildman–Crippen MR) is 123 cm³/mol. The van der Waals surface area contributed by atoms with Gasteiger partial charge >= 0.3 is 0 Å². The van der Waals surface area contributed by atoms with Crippen molar-refractivity contribution in [2.75, 3.05) is 6.61 Å². The highest BCUT2D eigenvalue weighted by Crippen LogP contribution is 2.33. The maximum atomic E-state index is 5.99. The molecule has 0 N–H and O–H groups in total. The average molecular weight is 394 g/mol. The maximum absolute atomic E-state index is 5.99. The van der Waals surface area contributed by atoms with Crippen molar-refractivity contribution in [3.8, 4) is 17.0 Å². The molecule has 0 spiro atoms. The van der Waals surface area contributed by atoms with E-state index in [1.54, 1.807) is 0 Å². The highest BCUT2D eigenvalue weighted by atomic mass is 16.5. The van der Waals surface area contributed by atoms with Crippen LogP contribution in [0.4, 0.5) is 0 Å². The average Bonchev–Trinajstić information content (AvgIpc) is 2.77. The normalized spacial score (nSPS) is 19.2. The summed E-state index contributed by atoms with van der Waals surface area (Å²) < 4.78 is 5.99. The van der Waals surface area contributed by atoms with Gasteiger partial charge in [0, 0.05) is 11.8 Å². The standard InChI is InChI=1S/C27H39NO/c1-3-5-8-24-14-19-27(28-21-24)25-15-17-26(18-16-25)29-20-6-9-23-12-10-22(7-4-2)11-13-23/h14-19,21-23H,3-13,20H2,1-2H3/t22-,23-. The second-order valence-corrected chi connectivity index (χ2v) is 8.85. The summed E-state index contributed by atoms with van der Waals surface area (Å²) in [7, 11) is 0. The number of benzene rings is 1. The number of unbranched alkanes of at least 4 members (excludes halogenated alkanes) is 1. The fourth-order valence-corrected chi connectivity index (χ4v) is 4.63. The second-order valence-electron chi connectivity index (χ2n) is 8.85. The van der Waals surface area contributed by atoms with Gasteiger partial charge in [-0.3, -0.25) is 4.98 Å². The molecule has 2 nitrogen and oxygen atoms in total. The largest absolute Gasteiger partial charge is 0.494 e. The summed E-state index contributed by atoms with van der Waals surface area (Å²) in [6, 6.07) is 12.8. The number of hydrogen-bond acceptors (Lipinski definition) is 2. The number of aryl methyl sites for hydroxylation is 1. The van der Waals surface area contributed by atoms with Crippen LogP contribution in [0.3, 0.4) is 0 Å². The Balaban J connectivity index is 1.37. The number of nitrogens with zero attached hydrogens (tertiary/aromatic N) is 1. The Hall–Kier alpha value is -1.83. The van der Waals surface area contributed by atoms with Crippen LogP contribution in [-0.4, -0.2) is 11.6 Å². The van der Waals surface area contributed by atoms with Crippen LogP contribution < -0.4 is 4.74 Å². The first kappa shape index (κ1) is 21.9. The Morgan fingerprint density at radius 3 is 2.17 bits per heavy atom. The Labute approximate surface area is 178 Å². The van der Waals surface area contributed by atoms with E-state index >= 15 is 0 Å². The van der Waals surface area contributed by atoms with Gasteiger partial charge in [-0.05, 0) is 73.4 Å². The summed E-state index contributed by atoms with van der Waals surface area (Å²) in [6.07, 6.45) is 16.7. The summed E-state index contributed by atoms with van der Waals surface area (Å²) in [5.41, 5.74) is 3.52. The molecule has 0 amide bonds. The zero-order valence-electron chi connectivity index (χ0n) is 18.5. The third-order valence-corrected chi connectivity index (χ3v) is 6.48. The molecule has 1 fully saturated rings. The van der Waals surface area contributed by atoms with E-state index in [0.717, 1.165) is 41.9 Å². The van der Waals surface area contributed by atoms with Gasteiger partial charge in [0.05, 0.1) is 12.3 Å². The summed E-state index contributed by atoms with van der Waals surface area (Å²) in [4.78, 5) is 4.63. The molecule has 0 atom stereocenters. The van der Waals surface area contributed by atoms with Gasteiger partial charge in [-0.25, -0.2) is 0 Å². The van der Waals surface area contributed by atoms with Gasteiger partial charge in [0.2, 0.25) is 0 Å². The van der Waals surface area contributed by atoms with E-state index in [1.807, 2.05) is 6.20 Å². The molecule has 0 saturated heterocycles. The maximum Gasteiger partial charge on any atom is 0.119 e. The lowest BCUT2D eigenvalue weighted by atomic mass is 9.78. The number of pyridine rings is 1. The summed E-state index contributed by atoms with van der Waals surface area (Å²) in [5, 5.41) is 0. The third-order valence-electron chi connectivity index (χ3n) is 6.48. The van der Waals surface area contributed by atoms with Crippen LogP contribution in [0.5, 0.6) is 5.75 Å². The molecule has 2 heteroatoms. The van der Waals surface area contributed by atoms with E-state index in [9.17, 15) is 0 Å². The molecule has 1 aliphatic rings. The smallest absolute Gasteiger partial charge is 0.119 e. The van der Waals surface area contributed by atoms with Gasteiger partial charge in [0.15, 0.2) is 0 Å². The van der Waals surface area contributed by atoms with E-state index in [2.05, 4.69) is 55.2 Å². The first-order chi connectivity index (χ1) is 14.3. The lowest BCUT2D eigenvalue weighted by molar-refractivity contribution is 0.230. The fraction of sp³-hybridized carbons (Fsp3) is 0.593. The Bertz CT molecular complexity index is 683. The van der Waals surface area contributed by atoms with Crippen molar-refractivity contribution in [3.05, 3.63) is 48.2 Å². The van der Waals surface area contributed by atoms with Crippen molar-refractivity contribution in [1.29, 1.82) is 0 Å². The molecular formula is C27H39NO. The van der Waals surface area contributed by atoms with Crippen LogP contribution >= 0.6 is 0 Å². The monoisotopic (exact) mass is 393 g/mol. The SMILES string of the molecule is CCCCc1ccc(-c2ccc(OCCC[C@H]3CC[C@H](CCC)CC3)cc2)nc1. The lowest BCUT2D eigenvalue weighted by Crippen LogP contribution is -2.15. The van der Waals surface area contributed by atoms with Crippen LogP contribution in [0.1, 0.15) is 83.6 Å². The van der Waals surface area contributed by atoms with E-state index in [4.69, 9.17) is 4.74 Å². The number of rotatable bonds is 11. The van der Waals surface area contributed by atoms with Crippen molar-refractivity contribution in [3.63, 3.8) is 0 Å². The molecule has 0 bridgehead atoms. The van der Waals surface area contributed by atoms with Crippen molar-refractivity contribution in [1.82, 2.24) is 4.98 Å². The van der Waals surface area contributed by atoms with Crippen LogP contribution in [0.25, 0.3) is 11.3 Å². The van der Waals surface area contributed by atoms with Gasteiger partial charge in [0.1, 0.15) is 5.75 Å². The minimum Gasteiger partial charge on any atom is -0.494 e. The highest BCUT2D eigenvalue weighted by Gasteiger charge is 2.20. The Kier molecular flexibility index (Phi) is 9.05. The van der Waals surface area contributed by atoms with Crippen molar-refractivity contribution < 1.29 is 4.74 Å². The quantitative estimate of drug-likeness (QED) is 0.362. The summed E-state index contributed by atoms with van der Waals surface area (Å²) in [6.45, 7) is 5.37. The molecule has 0 radical (unpaired) electrons. The van der Waals surface area contributed by atoms with Crippen LogP contribution in [0.2, 0.25) is 0 Å². The third kappa shape index (κ3) is 7.17. The molecule has 1 aromatic carbocycles. The van der Waals surface area contributed by atoms with E-state index in [-0.39, 0.29) is 0 Å². The predicted octanol–water partition coefficient (Wildman–Crippen LogP) is 7.86. The van der Waals surface area contributed by atoms with Gasteiger partial charge in [-0.2, -0.15) is 0 Å². The molecule has 3 rings (SSSR count). The number of hydrogen-bond donors (Lipinski definition) is 0. The number of ether oxygens (including phenoxy) is 1. The Morgan fingerprint density at radius 2 is 1.55 bits per heavy atom. The van der Waals surface area contributed by atoms with Gasteiger partial charge in [-0.1, -0.05) is 64.9 Å². The van der Waals surface area contributed by atoms with Crippen molar-refractivity contribution >= 4 is 0 Å². The zero-order valence-corrected chi connectivity index (χ0v) is 18.5. The molecule has 1 saturated carbocycles. The lowest BCUT2D eigenvalue weighted by Gasteiger charge is -2.28. The second kappa shape index (κ2) is 12.0. The molecule has 29 heavy (non-hydrogen) atoms. The van der Waals surface area contributed by atoms with Gasteiger partial charge < -0.3 is 4.74 Å². The van der Waals surface area contributed by atoms with Crippen LogP contribution in [-0.2, 0) is 6.42 Å². The minimum atomic E-state index is 0.832. The van der Waals surface area contributed by atoms with Crippen molar-refractivity contribution in [2.24, 2.45) is 11.8 Å². The number of aromatic nitrogens is 1. The fourth-order valence-electron chi connectivity index (χ4n) is 4.63. The van der Waals surface area contributed by atoms with E-state index < -0.39 is 0 Å². The van der Waals surface area contributed by atoms with Gasteiger partial charge in [0.25, 0.3) is 0 Å². The van der Waals surface area contributed by atoms with Gasteiger partial charge in [-0.15, -0.1) is 0 Å². The molecule has 0 aliphatic heterocycles. The van der Waals surface area contributed by atoms with E-state index in [1.165, 1.54) is 69.8 Å². The summed E-state index contributed by atoms with van der Waals surface area (Å²) >= 11 is 0. The minimum absolute atomic E-state index is 0.832. The van der Waals surface area contributed by atoms with Crippen LogP contribution in [0, 0.1) is 11.8 Å². The first-order valence-electron chi connectivity index (χ1n) is 12.0. The Morgan fingerprint density at radius 1 is 0.828 bits per heavy atom. The highest BCUT2D eigenvalue weighted by molar-refractivity contribution is 5.60. The molecule has 2 aromatic rings. The molecule has 0 unspecified atom stereocenters. The first-order valence-corrected chi connectivity index (χ1v) is 12.0. The topological polar surface area (TPSA) is 22.1 Å². The summed E-state index contributed by atoms with van der Waals surface area (Å²) in [5.74, 6) is 2.91. The zero-order chi connectivity index (χ0) is 20.3. The van der Waals surface area contributed by atoms with Crippen molar-refractivity contribution in [2.45, 2.75) is 84.5 Å². The molecule has 158 valence electrons. The van der Waals surface area contributed by atoms with E-state index in [0.29, 0.717) is 0 Å². The van der Waals surface area contributed by atoms with Crippen LogP contribution in [0.15, 0.2) is 42.6 Å². The molecule has 1 aliphatic carbocycles. The molecule has 1 heterocycles. The molecular weight excluding hydrogens is 354 g/mol. The molecule has 1 aromatic heterocycles.